The summed E-state index contributed by atoms with van der Waals surface area (Å²) in [4.78, 5) is 17.9. The van der Waals surface area contributed by atoms with Crippen LogP contribution in [0.25, 0.3) is 0 Å². The van der Waals surface area contributed by atoms with E-state index >= 15 is 0 Å². The van der Waals surface area contributed by atoms with Crippen molar-refractivity contribution in [2.75, 3.05) is 7.11 Å². The van der Waals surface area contributed by atoms with Crippen molar-refractivity contribution in [3.63, 3.8) is 0 Å². The Morgan fingerprint density at radius 2 is 2.62 bits per heavy atom. The molecule has 0 spiro atoms. The van der Waals surface area contributed by atoms with Crippen molar-refractivity contribution < 1.29 is 9.53 Å². The fourth-order valence-corrected chi connectivity index (χ4v) is 1.03. The number of aromatic amines is 1. The Hall–Kier alpha value is -1.52. The quantitative estimate of drug-likeness (QED) is 0.740. The molecule has 0 aliphatic carbocycles. The van der Waals surface area contributed by atoms with E-state index in [1.807, 2.05) is 6.92 Å². The third-order valence-corrected chi connectivity index (χ3v) is 1.74. The molecule has 0 aliphatic heterocycles. The average molecular weight is 183 g/mol. The van der Waals surface area contributed by atoms with Gasteiger partial charge in [0.2, 0.25) is 0 Å². The van der Waals surface area contributed by atoms with Crippen molar-refractivity contribution in [3.05, 3.63) is 18.2 Å². The number of hydrogen-bond donors (Lipinski definition) is 2. The van der Waals surface area contributed by atoms with Crippen LogP contribution < -0.4 is 5.32 Å². The van der Waals surface area contributed by atoms with Gasteiger partial charge in [0.25, 0.3) is 0 Å². The molecule has 1 amide bonds. The largest absolute Gasteiger partial charge is 0.453 e. The van der Waals surface area contributed by atoms with Gasteiger partial charge in [0.15, 0.2) is 0 Å². The Morgan fingerprint density at radius 1 is 1.85 bits per heavy atom. The van der Waals surface area contributed by atoms with E-state index in [2.05, 4.69) is 20.0 Å². The molecule has 13 heavy (non-hydrogen) atoms. The summed E-state index contributed by atoms with van der Waals surface area (Å²) >= 11 is 0. The van der Waals surface area contributed by atoms with Gasteiger partial charge in [-0.05, 0) is 6.42 Å². The maximum Gasteiger partial charge on any atom is 0.407 e. The molecule has 5 heteroatoms. The first-order valence-corrected chi connectivity index (χ1v) is 4.11. The smallest absolute Gasteiger partial charge is 0.407 e. The first kappa shape index (κ1) is 9.57. The van der Waals surface area contributed by atoms with Gasteiger partial charge in [-0.15, -0.1) is 0 Å². The molecule has 0 bridgehead atoms. The Kier molecular flexibility index (Phi) is 3.31. The highest BCUT2D eigenvalue weighted by Gasteiger charge is 2.14. The van der Waals surface area contributed by atoms with Crippen LogP contribution in [0.1, 0.15) is 25.2 Å². The Labute approximate surface area is 76.5 Å². The van der Waals surface area contributed by atoms with Crippen LogP contribution in [0.5, 0.6) is 0 Å². The van der Waals surface area contributed by atoms with Gasteiger partial charge in [0, 0.05) is 12.4 Å². The summed E-state index contributed by atoms with van der Waals surface area (Å²) in [5.74, 6) is 0.743. The summed E-state index contributed by atoms with van der Waals surface area (Å²) in [6.07, 6.45) is 3.69. The highest BCUT2D eigenvalue weighted by atomic mass is 16.5. The van der Waals surface area contributed by atoms with Crippen molar-refractivity contribution in [1.29, 1.82) is 0 Å². The Morgan fingerprint density at radius 3 is 3.08 bits per heavy atom. The van der Waals surface area contributed by atoms with E-state index in [1.165, 1.54) is 7.11 Å². The van der Waals surface area contributed by atoms with Gasteiger partial charge in [0.05, 0.1) is 13.2 Å². The first-order chi connectivity index (χ1) is 6.27. The van der Waals surface area contributed by atoms with E-state index in [4.69, 9.17) is 0 Å². The molecule has 0 saturated carbocycles. The van der Waals surface area contributed by atoms with Crippen molar-refractivity contribution in [3.8, 4) is 0 Å². The molecule has 0 saturated heterocycles. The zero-order chi connectivity index (χ0) is 9.68. The normalized spacial score (nSPS) is 12.2. The predicted octanol–water partition coefficient (Wildman–Crippen LogP) is 1.22. The lowest BCUT2D eigenvalue weighted by atomic mass is 10.2. The van der Waals surface area contributed by atoms with Crippen LogP contribution >= 0.6 is 0 Å². The number of rotatable bonds is 3. The fraction of sp³-hybridized carbons (Fsp3) is 0.500. The van der Waals surface area contributed by atoms with Gasteiger partial charge >= 0.3 is 6.09 Å². The molecule has 72 valence electrons. The van der Waals surface area contributed by atoms with Crippen LogP contribution in [0.4, 0.5) is 4.79 Å². The molecule has 0 fully saturated rings. The number of nitrogens with one attached hydrogen (secondary N) is 2. The van der Waals surface area contributed by atoms with E-state index in [1.54, 1.807) is 12.4 Å². The maximum absolute atomic E-state index is 10.9. The minimum absolute atomic E-state index is 0.109. The summed E-state index contributed by atoms with van der Waals surface area (Å²) in [5, 5.41) is 2.66. The monoisotopic (exact) mass is 183 g/mol. The average Bonchev–Trinajstić information content (AvgIpc) is 2.66. The van der Waals surface area contributed by atoms with Gasteiger partial charge < -0.3 is 15.0 Å². The Bertz CT molecular complexity index is 258. The molecule has 5 nitrogen and oxygen atoms in total. The number of imidazole rings is 1. The standard InChI is InChI=1S/C8H13N3O2/c1-3-6(11-8(12)13-2)7-9-4-5-10-7/h4-6H,3H2,1-2H3,(H,9,10)(H,11,12). The number of nitrogens with zero attached hydrogens (tertiary/aromatic N) is 1. The van der Waals surface area contributed by atoms with E-state index in [0.29, 0.717) is 0 Å². The minimum Gasteiger partial charge on any atom is -0.453 e. The molecule has 1 aromatic rings. The van der Waals surface area contributed by atoms with Gasteiger partial charge in [-0.2, -0.15) is 0 Å². The number of carbonyl (C=O) groups excluding carboxylic acids is 1. The molecule has 0 aliphatic rings. The lowest BCUT2D eigenvalue weighted by molar-refractivity contribution is 0.165. The van der Waals surface area contributed by atoms with Crippen LogP contribution in [0.3, 0.4) is 0 Å². The minimum atomic E-state index is -0.441. The van der Waals surface area contributed by atoms with Crippen LogP contribution in [0, 0.1) is 0 Å². The lowest BCUT2D eigenvalue weighted by Gasteiger charge is -2.12. The maximum atomic E-state index is 10.9. The summed E-state index contributed by atoms with van der Waals surface area (Å²) in [7, 11) is 1.34. The van der Waals surface area contributed by atoms with Crippen LogP contribution in [0.15, 0.2) is 12.4 Å². The number of carbonyl (C=O) groups is 1. The summed E-state index contributed by atoms with van der Waals surface area (Å²) in [6, 6.07) is -0.109. The van der Waals surface area contributed by atoms with Crippen LogP contribution in [-0.4, -0.2) is 23.2 Å². The third kappa shape index (κ3) is 2.47. The van der Waals surface area contributed by atoms with E-state index in [-0.39, 0.29) is 6.04 Å². The van der Waals surface area contributed by atoms with Crippen molar-refractivity contribution in [2.24, 2.45) is 0 Å². The predicted molar refractivity (Wildman–Crippen MR) is 47.2 cm³/mol. The molecule has 1 unspecified atom stereocenters. The fourth-order valence-electron chi connectivity index (χ4n) is 1.03. The molecule has 1 heterocycles. The molecule has 1 atom stereocenters. The molecule has 1 rings (SSSR count). The SMILES string of the molecule is CCC(NC(=O)OC)c1ncc[nH]1. The topological polar surface area (TPSA) is 67.0 Å². The van der Waals surface area contributed by atoms with Crippen molar-refractivity contribution >= 4 is 6.09 Å². The van der Waals surface area contributed by atoms with Gasteiger partial charge in [-0.25, -0.2) is 9.78 Å². The molecule has 1 aromatic heterocycles. The number of hydrogen-bond acceptors (Lipinski definition) is 3. The molecular weight excluding hydrogens is 170 g/mol. The second kappa shape index (κ2) is 4.49. The summed E-state index contributed by atoms with van der Waals surface area (Å²) in [5.41, 5.74) is 0. The highest BCUT2D eigenvalue weighted by molar-refractivity contribution is 5.67. The number of aromatic nitrogens is 2. The zero-order valence-corrected chi connectivity index (χ0v) is 7.70. The molecule has 0 radical (unpaired) electrons. The Balaban J connectivity index is 2.58. The van der Waals surface area contributed by atoms with Crippen LogP contribution in [0.2, 0.25) is 0 Å². The van der Waals surface area contributed by atoms with Gasteiger partial charge in [-0.1, -0.05) is 6.92 Å². The van der Waals surface area contributed by atoms with Crippen molar-refractivity contribution in [2.45, 2.75) is 19.4 Å². The van der Waals surface area contributed by atoms with E-state index < -0.39 is 6.09 Å². The van der Waals surface area contributed by atoms with Crippen LogP contribution in [-0.2, 0) is 4.74 Å². The van der Waals surface area contributed by atoms with E-state index in [9.17, 15) is 4.79 Å². The van der Waals surface area contributed by atoms with Gasteiger partial charge in [-0.3, -0.25) is 0 Å². The number of methoxy groups -OCH3 is 1. The molecule has 2 N–H and O–H groups in total. The second-order valence-electron chi connectivity index (χ2n) is 2.57. The number of ether oxygens (including phenoxy) is 1. The zero-order valence-electron chi connectivity index (χ0n) is 7.70. The molecule has 0 aromatic carbocycles. The second-order valence-corrected chi connectivity index (χ2v) is 2.57. The number of alkyl carbamates (subject to hydrolysis) is 1. The summed E-state index contributed by atoms with van der Waals surface area (Å²) < 4.78 is 4.49. The molecular formula is C8H13N3O2. The van der Waals surface area contributed by atoms with Gasteiger partial charge in [0.1, 0.15) is 5.82 Å². The van der Waals surface area contributed by atoms with E-state index in [0.717, 1.165) is 12.2 Å². The van der Waals surface area contributed by atoms with Crippen molar-refractivity contribution in [1.82, 2.24) is 15.3 Å². The number of H-pyrrole nitrogens is 1. The number of amides is 1. The first-order valence-electron chi connectivity index (χ1n) is 4.11. The third-order valence-electron chi connectivity index (χ3n) is 1.74. The lowest BCUT2D eigenvalue weighted by Crippen LogP contribution is -2.28. The summed E-state index contributed by atoms with van der Waals surface area (Å²) in [6.45, 7) is 1.96. The highest BCUT2D eigenvalue weighted by Crippen LogP contribution is 2.10.